The van der Waals surface area contributed by atoms with E-state index < -0.39 is 10.0 Å². The standard InChI is InChI=1S/C15H14ClN3O2S/c1-9-15(13-6-11(16)3-4-14(13)19-9)10-5-12(8-18-7-10)22(20,21)17-2/h3-8,17,19H,1-2H3. The molecule has 3 aromatic rings. The molecule has 0 aliphatic rings. The molecule has 0 saturated carbocycles. The number of hydrogen-bond donors (Lipinski definition) is 2. The number of H-pyrrole nitrogens is 1. The average Bonchev–Trinajstić information content (AvgIpc) is 2.82. The van der Waals surface area contributed by atoms with Crippen LogP contribution in [0.5, 0.6) is 0 Å². The number of hydrogen-bond acceptors (Lipinski definition) is 3. The van der Waals surface area contributed by atoms with Crippen LogP contribution in [0, 0.1) is 6.92 Å². The van der Waals surface area contributed by atoms with E-state index in [1.54, 1.807) is 12.3 Å². The zero-order valence-corrected chi connectivity index (χ0v) is 13.6. The van der Waals surface area contributed by atoms with Gasteiger partial charge in [-0.1, -0.05) is 11.6 Å². The average molecular weight is 336 g/mol. The van der Waals surface area contributed by atoms with E-state index in [1.165, 1.54) is 13.2 Å². The molecule has 0 fully saturated rings. The van der Waals surface area contributed by atoms with Gasteiger partial charge in [0.15, 0.2) is 0 Å². The van der Waals surface area contributed by atoms with Crippen molar-refractivity contribution in [2.24, 2.45) is 0 Å². The third-order valence-electron chi connectivity index (χ3n) is 3.53. The van der Waals surface area contributed by atoms with E-state index in [-0.39, 0.29) is 4.90 Å². The maximum absolute atomic E-state index is 11.9. The second-order valence-corrected chi connectivity index (χ2v) is 7.25. The van der Waals surface area contributed by atoms with Gasteiger partial charge in [-0.15, -0.1) is 0 Å². The van der Waals surface area contributed by atoms with Crippen molar-refractivity contribution in [3.63, 3.8) is 0 Å². The maximum Gasteiger partial charge on any atom is 0.241 e. The predicted octanol–water partition coefficient (Wildman–Crippen LogP) is 3.10. The second kappa shape index (κ2) is 5.39. The number of sulfonamides is 1. The lowest BCUT2D eigenvalue weighted by molar-refractivity contribution is 0.588. The molecule has 3 rings (SSSR count). The monoisotopic (exact) mass is 335 g/mol. The highest BCUT2D eigenvalue weighted by Gasteiger charge is 2.16. The summed E-state index contributed by atoms with van der Waals surface area (Å²) < 4.78 is 26.2. The van der Waals surface area contributed by atoms with Crippen LogP contribution in [0.2, 0.25) is 5.02 Å². The first-order valence-electron chi connectivity index (χ1n) is 6.59. The van der Waals surface area contributed by atoms with Crippen LogP contribution in [-0.4, -0.2) is 25.4 Å². The third kappa shape index (κ3) is 2.49. The van der Waals surface area contributed by atoms with Crippen LogP contribution in [0.1, 0.15) is 5.69 Å². The lowest BCUT2D eigenvalue weighted by Gasteiger charge is -2.06. The topological polar surface area (TPSA) is 74.8 Å². The minimum Gasteiger partial charge on any atom is -0.358 e. The van der Waals surface area contributed by atoms with Crippen molar-refractivity contribution in [1.29, 1.82) is 0 Å². The zero-order valence-electron chi connectivity index (χ0n) is 12.0. The number of rotatable bonds is 3. The lowest BCUT2D eigenvalue weighted by Crippen LogP contribution is -2.18. The number of pyridine rings is 1. The molecule has 0 aliphatic heterocycles. The first-order chi connectivity index (χ1) is 10.4. The molecule has 0 saturated heterocycles. The van der Waals surface area contributed by atoms with E-state index in [9.17, 15) is 8.42 Å². The Bertz CT molecular complexity index is 964. The number of fused-ring (bicyclic) bond motifs is 1. The summed E-state index contributed by atoms with van der Waals surface area (Å²) in [5, 5.41) is 1.56. The summed E-state index contributed by atoms with van der Waals surface area (Å²) in [6, 6.07) is 7.17. The molecule has 0 spiro atoms. The molecule has 22 heavy (non-hydrogen) atoms. The molecule has 2 heterocycles. The molecule has 0 unspecified atom stereocenters. The minimum absolute atomic E-state index is 0.128. The highest BCUT2D eigenvalue weighted by atomic mass is 35.5. The number of aromatic nitrogens is 2. The van der Waals surface area contributed by atoms with Gasteiger partial charge in [-0.2, -0.15) is 0 Å². The molecule has 7 heteroatoms. The van der Waals surface area contributed by atoms with Crippen molar-refractivity contribution in [2.75, 3.05) is 7.05 Å². The van der Waals surface area contributed by atoms with Crippen molar-refractivity contribution in [3.05, 3.63) is 47.4 Å². The Kier molecular flexibility index (Phi) is 3.68. The molecule has 1 aromatic carbocycles. The van der Waals surface area contributed by atoms with E-state index >= 15 is 0 Å². The Morgan fingerprint density at radius 1 is 1.23 bits per heavy atom. The van der Waals surface area contributed by atoms with Crippen molar-refractivity contribution in [3.8, 4) is 11.1 Å². The van der Waals surface area contributed by atoms with Crippen LogP contribution in [0.15, 0.2) is 41.6 Å². The SMILES string of the molecule is CNS(=O)(=O)c1cncc(-c2c(C)[nH]c3ccc(Cl)cc23)c1. The Labute approximate surface area is 133 Å². The molecular formula is C15H14ClN3O2S. The van der Waals surface area contributed by atoms with Crippen LogP contribution in [0.3, 0.4) is 0 Å². The molecular weight excluding hydrogens is 322 g/mol. The zero-order chi connectivity index (χ0) is 15.9. The van der Waals surface area contributed by atoms with Crippen molar-refractivity contribution < 1.29 is 8.42 Å². The van der Waals surface area contributed by atoms with Gasteiger partial charge < -0.3 is 4.98 Å². The summed E-state index contributed by atoms with van der Waals surface area (Å²) in [6.45, 7) is 1.93. The number of benzene rings is 1. The molecule has 0 aliphatic carbocycles. The summed E-state index contributed by atoms with van der Waals surface area (Å²) in [7, 11) is -2.16. The quantitative estimate of drug-likeness (QED) is 0.772. The molecule has 0 amide bonds. The maximum atomic E-state index is 11.9. The Balaban J connectivity index is 2.26. The van der Waals surface area contributed by atoms with Crippen LogP contribution >= 0.6 is 11.6 Å². The van der Waals surface area contributed by atoms with Gasteiger partial charge in [0.25, 0.3) is 0 Å². The Hall–Kier alpha value is -1.89. The third-order valence-corrected chi connectivity index (χ3v) is 5.15. The van der Waals surface area contributed by atoms with E-state index in [2.05, 4.69) is 14.7 Å². The van der Waals surface area contributed by atoms with Crippen LogP contribution in [0.25, 0.3) is 22.0 Å². The van der Waals surface area contributed by atoms with Crippen LogP contribution < -0.4 is 4.72 Å². The summed E-state index contributed by atoms with van der Waals surface area (Å²) in [5.74, 6) is 0. The van der Waals surface area contributed by atoms with Crippen molar-refractivity contribution in [2.45, 2.75) is 11.8 Å². The van der Waals surface area contributed by atoms with Gasteiger partial charge in [-0.3, -0.25) is 4.98 Å². The van der Waals surface area contributed by atoms with Gasteiger partial charge in [-0.05, 0) is 38.2 Å². The largest absolute Gasteiger partial charge is 0.358 e. The molecule has 0 atom stereocenters. The fraction of sp³-hybridized carbons (Fsp3) is 0.133. The molecule has 2 N–H and O–H groups in total. The number of aryl methyl sites for hydroxylation is 1. The van der Waals surface area contributed by atoms with E-state index in [0.29, 0.717) is 5.02 Å². The van der Waals surface area contributed by atoms with Crippen LogP contribution in [-0.2, 0) is 10.0 Å². The Morgan fingerprint density at radius 2 is 2.00 bits per heavy atom. The molecule has 5 nitrogen and oxygen atoms in total. The highest BCUT2D eigenvalue weighted by Crippen LogP contribution is 2.34. The fourth-order valence-corrected chi connectivity index (χ4v) is 3.38. The first-order valence-corrected chi connectivity index (χ1v) is 8.45. The van der Waals surface area contributed by atoms with Gasteiger partial charge in [0.05, 0.1) is 0 Å². The first kappa shape index (κ1) is 15.0. The predicted molar refractivity (Wildman–Crippen MR) is 87.5 cm³/mol. The Morgan fingerprint density at radius 3 is 2.73 bits per heavy atom. The highest BCUT2D eigenvalue weighted by molar-refractivity contribution is 7.89. The second-order valence-electron chi connectivity index (χ2n) is 4.93. The summed E-state index contributed by atoms with van der Waals surface area (Å²) in [6.07, 6.45) is 2.97. The van der Waals surface area contributed by atoms with Gasteiger partial charge in [0, 0.05) is 45.1 Å². The van der Waals surface area contributed by atoms with Crippen LogP contribution in [0.4, 0.5) is 0 Å². The van der Waals surface area contributed by atoms with E-state index in [1.807, 2.05) is 25.1 Å². The lowest BCUT2D eigenvalue weighted by atomic mass is 10.0. The molecule has 0 radical (unpaired) electrons. The molecule has 2 aromatic heterocycles. The van der Waals surface area contributed by atoms with E-state index in [4.69, 9.17) is 11.6 Å². The minimum atomic E-state index is -3.53. The number of nitrogens with one attached hydrogen (secondary N) is 2. The van der Waals surface area contributed by atoms with E-state index in [0.717, 1.165) is 27.7 Å². The number of halogens is 1. The van der Waals surface area contributed by atoms with Crippen molar-refractivity contribution in [1.82, 2.24) is 14.7 Å². The summed E-state index contributed by atoms with van der Waals surface area (Å²) >= 11 is 6.08. The summed E-state index contributed by atoms with van der Waals surface area (Å²) in [5.41, 5.74) is 3.50. The fourth-order valence-electron chi connectivity index (χ4n) is 2.49. The normalized spacial score (nSPS) is 12.0. The number of aromatic amines is 1. The van der Waals surface area contributed by atoms with Crippen molar-refractivity contribution >= 4 is 32.5 Å². The molecule has 0 bridgehead atoms. The van der Waals surface area contributed by atoms with Gasteiger partial charge >= 0.3 is 0 Å². The van der Waals surface area contributed by atoms with Gasteiger partial charge in [0.1, 0.15) is 4.90 Å². The van der Waals surface area contributed by atoms with Gasteiger partial charge in [-0.25, -0.2) is 13.1 Å². The summed E-state index contributed by atoms with van der Waals surface area (Å²) in [4.78, 5) is 7.46. The smallest absolute Gasteiger partial charge is 0.241 e. The number of nitrogens with zero attached hydrogens (tertiary/aromatic N) is 1. The molecule has 114 valence electrons. The van der Waals surface area contributed by atoms with Gasteiger partial charge in [0.2, 0.25) is 10.0 Å².